The van der Waals surface area contributed by atoms with Crippen LogP contribution in [0.3, 0.4) is 0 Å². The normalized spacial score (nSPS) is 14.7. The molecule has 0 amide bonds. The summed E-state index contributed by atoms with van der Waals surface area (Å²) in [5.74, 6) is 0.296. The van der Waals surface area contributed by atoms with Crippen LogP contribution in [0.1, 0.15) is 6.92 Å². The second-order valence-corrected chi connectivity index (χ2v) is 6.06. The molecule has 2 aromatic rings. The van der Waals surface area contributed by atoms with Crippen molar-refractivity contribution in [3.8, 4) is 0 Å². The van der Waals surface area contributed by atoms with E-state index in [4.69, 9.17) is 25.2 Å². The summed E-state index contributed by atoms with van der Waals surface area (Å²) >= 11 is 0. The second kappa shape index (κ2) is 5.32. The van der Waals surface area contributed by atoms with Crippen LogP contribution in [-0.4, -0.2) is 46.7 Å². The summed E-state index contributed by atoms with van der Waals surface area (Å²) in [7, 11) is -4.18. The maximum absolute atomic E-state index is 8.87. The summed E-state index contributed by atoms with van der Waals surface area (Å²) in [5, 5.41) is 0. The Balaban J connectivity index is 2.07. The van der Waals surface area contributed by atoms with Gasteiger partial charge in [0.25, 0.3) is 0 Å². The fraction of sp³-hybridized carbons (Fsp3) is 0.444. The first-order chi connectivity index (χ1) is 8.87. The van der Waals surface area contributed by atoms with E-state index in [-0.39, 0.29) is 6.10 Å². The maximum atomic E-state index is 8.87. The van der Waals surface area contributed by atoms with Gasteiger partial charge in [-0.05, 0) is 0 Å². The average Bonchev–Trinajstić information content (AvgIpc) is 2.71. The van der Waals surface area contributed by atoms with Gasteiger partial charge in [-0.15, -0.1) is 0 Å². The van der Waals surface area contributed by atoms with Gasteiger partial charge in [0.1, 0.15) is 0 Å². The Morgan fingerprint density at radius 3 is 2.79 bits per heavy atom. The van der Waals surface area contributed by atoms with Gasteiger partial charge < -0.3 is 0 Å². The number of ether oxygens (including phenoxy) is 1. The summed E-state index contributed by atoms with van der Waals surface area (Å²) in [6.07, 6.45) is 2.07. The summed E-state index contributed by atoms with van der Waals surface area (Å²) in [4.78, 5) is 38.6. The van der Waals surface area contributed by atoms with Crippen molar-refractivity contribution in [1.29, 1.82) is 0 Å². The van der Waals surface area contributed by atoms with E-state index < -0.39 is 14.3 Å². The van der Waals surface area contributed by atoms with Crippen LogP contribution in [0.2, 0.25) is 0 Å². The van der Waals surface area contributed by atoms with E-state index in [1.165, 1.54) is 6.33 Å². The van der Waals surface area contributed by atoms with Crippen molar-refractivity contribution in [2.24, 2.45) is 0 Å². The van der Waals surface area contributed by atoms with E-state index in [1.807, 2.05) is 0 Å². The standard InChI is InChI=1S/C9H16N5O4P/c1-6(18-5-19(15,16)17)2-14-4-13-7-8(10)11-3-12-9(7)14/h3-4,6,15-17,19H,2,5H2,1H3,(H2,10,11,12)/t6-/m1/s1. The Hall–Kier alpha value is -1.38. The number of nitrogen functional groups attached to an aromatic ring is 1. The molecule has 0 fully saturated rings. The van der Waals surface area contributed by atoms with Gasteiger partial charge in [0.05, 0.1) is 0 Å². The van der Waals surface area contributed by atoms with E-state index in [9.17, 15) is 0 Å². The Bertz CT molecular complexity index is 569. The Morgan fingerprint density at radius 1 is 1.37 bits per heavy atom. The van der Waals surface area contributed by atoms with Crippen LogP contribution in [0.4, 0.5) is 5.82 Å². The molecule has 0 bridgehead atoms. The number of anilines is 1. The van der Waals surface area contributed by atoms with Gasteiger partial charge in [0.2, 0.25) is 0 Å². The van der Waals surface area contributed by atoms with E-state index in [2.05, 4.69) is 15.0 Å². The van der Waals surface area contributed by atoms with E-state index in [0.717, 1.165) is 0 Å². The third-order valence-corrected chi connectivity index (χ3v) is 3.00. The van der Waals surface area contributed by atoms with Crippen molar-refractivity contribution < 1.29 is 19.4 Å². The monoisotopic (exact) mass is 289 g/mol. The molecule has 2 aromatic heterocycles. The summed E-state index contributed by atoms with van der Waals surface area (Å²) in [6, 6.07) is 0. The molecule has 106 valence electrons. The van der Waals surface area contributed by atoms with Crippen molar-refractivity contribution in [2.45, 2.75) is 19.6 Å². The molecule has 2 rings (SSSR count). The second-order valence-electron chi connectivity index (χ2n) is 4.22. The molecule has 0 saturated carbocycles. The minimum absolute atomic E-state index is 0.296. The Morgan fingerprint density at radius 2 is 2.11 bits per heavy atom. The SMILES string of the molecule is C[C@H](Cn1cnc2c(N)ncnc21)OC[PH](O)(O)O. The molecular weight excluding hydrogens is 273 g/mol. The molecule has 2 heterocycles. The van der Waals surface area contributed by atoms with Gasteiger partial charge in [-0.25, -0.2) is 0 Å². The fourth-order valence-electron chi connectivity index (χ4n) is 1.62. The first-order valence-corrected chi connectivity index (χ1v) is 7.62. The molecule has 19 heavy (non-hydrogen) atoms. The predicted molar refractivity (Wildman–Crippen MR) is 70.1 cm³/mol. The van der Waals surface area contributed by atoms with Crippen molar-refractivity contribution in [1.82, 2.24) is 19.5 Å². The zero-order chi connectivity index (χ0) is 14.0. The molecule has 0 aliphatic heterocycles. The quantitative estimate of drug-likeness (QED) is 0.527. The molecule has 0 aromatic carbocycles. The van der Waals surface area contributed by atoms with Gasteiger partial charge >= 0.3 is 108 Å². The van der Waals surface area contributed by atoms with Crippen molar-refractivity contribution in [3.05, 3.63) is 12.7 Å². The number of hydrogen-bond donors (Lipinski definition) is 4. The molecule has 10 heteroatoms. The third kappa shape index (κ3) is 3.55. The minimum atomic E-state index is -4.18. The first kappa shape index (κ1) is 14.0. The molecular formula is C9H16N5O4P. The van der Waals surface area contributed by atoms with Crippen molar-refractivity contribution in [3.63, 3.8) is 0 Å². The van der Waals surface area contributed by atoms with Gasteiger partial charge in [-0.3, -0.25) is 0 Å². The van der Waals surface area contributed by atoms with Gasteiger partial charge in [-0.2, -0.15) is 0 Å². The van der Waals surface area contributed by atoms with Crippen LogP contribution in [0.5, 0.6) is 0 Å². The third-order valence-electron chi connectivity index (χ3n) is 2.44. The van der Waals surface area contributed by atoms with Crippen LogP contribution >= 0.6 is 7.94 Å². The number of aromatic nitrogens is 4. The number of imidazole rings is 1. The van der Waals surface area contributed by atoms with Crippen LogP contribution in [0, 0.1) is 0 Å². The van der Waals surface area contributed by atoms with E-state index in [1.54, 1.807) is 17.8 Å². The van der Waals surface area contributed by atoms with Crippen LogP contribution in [0.25, 0.3) is 11.2 Å². The number of nitrogens with two attached hydrogens (primary N) is 1. The fourth-order valence-corrected chi connectivity index (χ4v) is 2.12. The molecule has 0 radical (unpaired) electrons. The molecule has 5 N–H and O–H groups in total. The molecule has 0 aliphatic carbocycles. The summed E-state index contributed by atoms with van der Waals surface area (Å²) in [5.41, 5.74) is 6.74. The van der Waals surface area contributed by atoms with Crippen molar-refractivity contribution >= 4 is 24.9 Å². The number of rotatable bonds is 5. The van der Waals surface area contributed by atoms with Gasteiger partial charge in [-0.1, -0.05) is 0 Å². The van der Waals surface area contributed by atoms with E-state index in [0.29, 0.717) is 23.5 Å². The molecule has 0 spiro atoms. The van der Waals surface area contributed by atoms with Crippen LogP contribution in [0.15, 0.2) is 12.7 Å². The molecule has 1 atom stereocenters. The first-order valence-electron chi connectivity index (χ1n) is 5.57. The zero-order valence-electron chi connectivity index (χ0n) is 10.3. The molecule has 9 nitrogen and oxygen atoms in total. The Kier molecular flexibility index (Phi) is 3.93. The topological polar surface area (TPSA) is 140 Å². The predicted octanol–water partition coefficient (Wildman–Crippen LogP) is -0.757. The molecule has 0 saturated heterocycles. The summed E-state index contributed by atoms with van der Waals surface area (Å²) < 4.78 is 6.86. The number of nitrogens with zero attached hydrogens (tertiary/aromatic N) is 4. The summed E-state index contributed by atoms with van der Waals surface area (Å²) in [6.45, 7) is 2.12. The number of hydrogen-bond acceptors (Lipinski definition) is 8. The molecule has 0 unspecified atom stereocenters. The van der Waals surface area contributed by atoms with Crippen LogP contribution in [-0.2, 0) is 11.3 Å². The molecule has 0 aliphatic rings. The zero-order valence-corrected chi connectivity index (χ0v) is 11.3. The van der Waals surface area contributed by atoms with Gasteiger partial charge in [0, 0.05) is 0 Å². The Labute approximate surface area is 109 Å². The average molecular weight is 289 g/mol. The van der Waals surface area contributed by atoms with Gasteiger partial charge in [0.15, 0.2) is 0 Å². The van der Waals surface area contributed by atoms with Crippen molar-refractivity contribution in [2.75, 3.05) is 12.1 Å². The van der Waals surface area contributed by atoms with E-state index >= 15 is 0 Å². The number of fused-ring (bicyclic) bond motifs is 1. The van der Waals surface area contributed by atoms with Crippen LogP contribution < -0.4 is 5.73 Å².